The highest BCUT2D eigenvalue weighted by molar-refractivity contribution is 6.74. The van der Waals surface area contributed by atoms with E-state index in [0.717, 1.165) is 4.90 Å². The number of aliphatic carboxylic acids is 1. The summed E-state index contributed by atoms with van der Waals surface area (Å²) in [4.78, 5) is 79.0. The van der Waals surface area contributed by atoms with Crippen molar-refractivity contribution in [2.45, 2.75) is 70.4 Å². The van der Waals surface area contributed by atoms with E-state index in [1.165, 1.54) is 17.1 Å². The summed E-state index contributed by atoms with van der Waals surface area (Å²) in [5.74, 6) is -5.59. The number of rotatable bonds is 10. The molecule has 2 rings (SSSR count). The molecule has 228 valence electrons. The number of amides is 4. The van der Waals surface area contributed by atoms with Gasteiger partial charge in [-0.15, -0.1) is 0 Å². The molecule has 0 aromatic heterocycles. The molecule has 0 aromatic rings. The van der Waals surface area contributed by atoms with E-state index in [1.807, 2.05) is 33.9 Å². The van der Waals surface area contributed by atoms with Crippen molar-refractivity contribution in [3.05, 3.63) is 25.3 Å². The largest absolute Gasteiger partial charge is 0.474 e. The molecule has 0 saturated carbocycles. The first-order valence-electron chi connectivity index (χ1n) is 13.4. The van der Waals surface area contributed by atoms with E-state index in [2.05, 4.69) is 13.2 Å². The Labute approximate surface area is 241 Å². The minimum atomic E-state index is -2.39. The van der Waals surface area contributed by atoms with Crippen molar-refractivity contribution >= 4 is 44.1 Å². The van der Waals surface area contributed by atoms with Gasteiger partial charge in [0, 0.05) is 19.5 Å². The molecule has 1 unspecified atom stereocenters. The summed E-state index contributed by atoms with van der Waals surface area (Å²) in [5, 5.41) is 9.12. The summed E-state index contributed by atoms with van der Waals surface area (Å²) < 4.78 is 16.6. The van der Waals surface area contributed by atoms with Crippen LogP contribution in [-0.2, 0) is 33.1 Å². The molecule has 2 heterocycles. The molecule has 41 heavy (non-hydrogen) atoms. The molecule has 14 heteroatoms. The van der Waals surface area contributed by atoms with Crippen molar-refractivity contribution in [3.63, 3.8) is 0 Å². The fourth-order valence-electron chi connectivity index (χ4n) is 4.59. The molecule has 0 aliphatic carbocycles. The quantitative estimate of drug-likeness (QED) is 0.172. The van der Waals surface area contributed by atoms with Crippen LogP contribution in [0.2, 0.25) is 18.1 Å². The Bertz CT molecular complexity index is 1090. The van der Waals surface area contributed by atoms with Crippen LogP contribution in [0.5, 0.6) is 0 Å². The Kier molecular flexibility index (Phi) is 11.0. The number of carbonyl (C=O) groups is 6. The van der Waals surface area contributed by atoms with E-state index in [0.29, 0.717) is 4.90 Å². The van der Waals surface area contributed by atoms with Gasteiger partial charge in [0.15, 0.2) is 14.1 Å². The fourth-order valence-corrected chi connectivity index (χ4v) is 6.02. The molecule has 0 aromatic carbocycles. The number of carbonyl (C=O) groups excluding carboxylic acids is 5. The van der Waals surface area contributed by atoms with E-state index in [1.54, 1.807) is 6.92 Å². The lowest BCUT2D eigenvalue weighted by Gasteiger charge is -2.50. The molecular weight excluding hydrogens is 554 g/mol. The number of Topliss-reactive ketones (excluding diaryl/α,β-unsaturated/α-hetero) is 1. The SMILES string of the molecule is C=CCOC(=O)N1CCN(C(=O)OCC=C)C(C(=O)C[C@@H]2[C@@H]([C@@H](C)O[Si](C)(C)C(C)(C)C)C(=O)N2C(=O)C(=O)O)C1. The summed E-state index contributed by atoms with van der Waals surface area (Å²) in [6.07, 6.45) is 0.0600. The highest BCUT2D eigenvalue weighted by Gasteiger charge is 2.57. The highest BCUT2D eigenvalue weighted by Crippen LogP contribution is 2.41. The topological polar surface area (TPSA) is 160 Å². The summed E-state index contributed by atoms with van der Waals surface area (Å²) in [6, 6.07) is -2.32. The molecule has 2 saturated heterocycles. The smallest absolute Gasteiger partial charge is 0.410 e. The minimum absolute atomic E-state index is 0.0503. The van der Waals surface area contributed by atoms with Crippen LogP contribution >= 0.6 is 0 Å². The number of carboxylic acids is 1. The second-order valence-electron chi connectivity index (χ2n) is 11.6. The number of likely N-dealkylation sites (tertiary alicyclic amines) is 1. The van der Waals surface area contributed by atoms with Gasteiger partial charge in [0.05, 0.1) is 24.6 Å². The zero-order chi connectivity index (χ0) is 31.3. The van der Waals surface area contributed by atoms with Crippen molar-refractivity contribution in [3.8, 4) is 0 Å². The molecule has 13 nitrogen and oxygen atoms in total. The van der Waals surface area contributed by atoms with Crippen LogP contribution in [0.15, 0.2) is 25.3 Å². The second kappa shape index (κ2) is 13.4. The van der Waals surface area contributed by atoms with Gasteiger partial charge in [0.1, 0.15) is 19.3 Å². The van der Waals surface area contributed by atoms with Gasteiger partial charge in [-0.3, -0.25) is 24.2 Å². The van der Waals surface area contributed by atoms with Crippen LogP contribution in [0, 0.1) is 5.92 Å². The molecule has 0 bridgehead atoms. The van der Waals surface area contributed by atoms with Crippen LogP contribution in [-0.4, -0.2) is 115 Å². The van der Waals surface area contributed by atoms with Gasteiger partial charge in [-0.1, -0.05) is 46.1 Å². The molecule has 2 aliphatic rings. The van der Waals surface area contributed by atoms with Gasteiger partial charge < -0.3 is 23.9 Å². The number of imide groups is 1. The zero-order valence-corrected chi connectivity index (χ0v) is 25.6. The maximum absolute atomic E-state index is 13.7. The lowest BCUT2D eigenvalue weighted by molar-refractivity contribution is -0.178. The van der Waals surface area contributed by atoms with Crippen molar-refractivity contribution in [2.24, 2.45) is 5.92 Å². The number of hydrogen-bond acceptors (Lipinski definition) is 9. The first-order chi connectivity index (χ1) is 19.0. The third-order valence-electron chi connectivity index (χ3n) is 7.77. The van der Waals surface area contributed by atoms with E-state index in [9.17, 15) is 33.9 Å². The average molecular weight is 596 g/mol. The molecule has 2 aliphatic heterocycles. The standard InChI is InChI=1S/C27H41N3O10Si/c1-9-13-38-25(36)28-11-12-29(26(37)39-14-10-2)19(16-28)20(31)15-18-21(22(32)30(18)23(33)24(34)35)17(3)40-41(7,8)27(4,5)6/h9-10,17-19,21H,1-2,11-16H2,3-8H3,(H,34,35)/t17-,18-,19?,21-/m1/s1. The predicted octanol–water partition coefficient (Wildman–Crippen LogP) is 2.43. The monoisotopic (exact) mass is 595 g/mol. The summed E-state index contributed by atoms with van der Waals surface area (Å²) in [6.45, 7) is 18.3. The lowest BCUT2D eigenvalue weighted by Crippen LogP contribution is -2.69. The van der Waals surface area contributed by atoms with Crippen LogP contribution in [0.4, 0.5) is 9.59 Å². The van der Waals surface area contributed by atoms with Crippen LogP contribution in [0.1, 0.15) is 34.1 Å². The predicted molar refractivity (Wildman–Crippen MR) is 149 cm³/mol. The van der Waals surface area contributed by atoms with Gasteiger partial charge in [-0.25, -0.2) is 14.4 Å². The number of hydrogen-bond donors (Lipinski definition) is 1. The molecule has 2 fully saturated rings. The number of ether oxygens (including phenoxy) is 2. The van der Waals surface area contributed by atoms with Crippen molar-refractivity contribution in [1.29, 1.82) is 0 Å². The molecule has 0 radical (unpaired) electrons. The molecule has 4 amide bonds. The number of piperazine rings is 1. The van der Waals surface area contributed by atoms with Crippen LogP contribution in [0.3, 0.4) is 0 Å². The summed E-state index contributed by atoms with van der Waals surface area (Å²) in [7, 11) is -2.39. The van der Waals surface area contributed by atoms with E-state index < -0.39 is 74.6 Å². The van der Waals surface area contributed by atoms with Gasteiger partial charge in [-0.05, 0) is 25.1 Å². The molecule has 4 atom stereocenters. The molecule has 0 spiro atoms. The van der Waals surface area contributed by atoms with E-state index in [4.69, 9.17) is 13.9 Å². The second-order valence-corrected chi connectivity index (χ2v) is 16.3. The van der Waals surface area contributed by atoms with Crippen molar-refractivity contribution in [2.75, 3.05) is 32.8 Å². The van der Waals surface area contributed by atoms with Crippen LogP contribution < -0.4 is 0 Å². The third-order valence-corrected chi connectivity index (χ3v) is 12.3. The zero-order valence-electron chi connectivity index (χ0n) is 24.6. The minimum Gasteiger partial charge on any atom is -0.474 e. The highest BCUT2D eigenvalue weighted by atomic mass is 28.4. The Morgan fingerprint density at radius 2 is 1.61 bits per heavy atom. The van der Waals surface area contributed by atoms with Crippen LogP contribution in [0.25, 0.3) is 0 Å². The number of ketones is 1. The summed E-state index contributed by atoms with van der Waals surface area (Å²) >= 11 is 0. The van der Waals surface area contributed by atoms with Gasteiger partial charge >= 0.3 is 24.1 Å². The summed E-state index contributed by atoms with van der Waals surface area (Å²) in [5.41, 5.74) is 0. The van der Waals surface area contributed by atoms with Crippen molar-refractivity contribution in [1.82, 2.24) is 14.7 Å². The first-order valence-corrected chi connectivity index (χ1v) is 16.3. The Balaban J connectivity index is 2.37. The fraction of sp³-hybridized carbons (Fsp3) is 0.630. The Morgan fingerprint density at radius 1 is 1.05 bits per heavy atom. The molecule has 1 N–H and O–H groups in total. The van der Waals surface area contributed by atoms with Crippen molar-refractivity contribution < 1.29 is 47.8 Å². The average Bonchev–Trinajstić information content (AvgIpc) is 2.88. The lowest BCUT2D eigenvalue weighted by atomic mass is 9.79. The van der Waals surface area contributed by atoms with E-state index >= 15 is 0 Å². The van der Waals surface area contributed by atoms with E-state index in [-0.39, 0.29) is 37.9 Å². The maximum atomic E-state index is 13.7. The third kappa shape index (κ3) is 7.61. The Morgan fingerprint density at radius 3 is 2.12 bits per heavy atom. The molecular formula is C27H41N3O10Si. The van der Waals surface area contributed by atoms with Gasteiger partial charge in [0.25, 0.3) is 0 Å². The number of nitrogens with zero attached hydrogens (tertiary/aromatic N) is 3. The first kappa shape index (κ1) is 33.7. The van der Waals surface area contributed by atoms with Gasteiger partial charge in [-0.2, -0.15) is 0 Å². The normalized spacial score (nSPS) is 21.9. The number of β-lactam (4-membered cyclic amide) rings is 1. The maximum Gasteiger partial charge on any atom is 0.410 e. The van der Waals surface area contributed by atoms with Gasteiger partial charge in [0.2, 0.25) is 5.91 Å². The Hall–Kier alpha value is -3.52. The number of carboxylic acid groups (broad SMARTS) is 1.